The molecule has 16 heteroatoms. The zero-order chi connectivity index (χ0) is 41.3. The van der Waals surface area contributed by atoms with Gasteiger partial charge in [-0.3, -0.25) is 29.3 Å². The lowest BCUT2D eigenvalue weighted by atomic mass is 10.0. The Hall–Kier alpha value is -6.32. The maximum Gasteiger partial charge on any atom is 0.408 e. The molecule has 0 bridgehead atoms. The van der Waals surface area contributed by atoms with Crippen molar-refractivity contribution in [1.82, 2.24) is 26.6 Å². The molecule has 0 unspecified atom stereocenters. The molecule has 0 saturated carbocycles. The zero-order valence-corrected chi connectivity index (χ0v) is 32.2. The second kappa shape index (κ2) is 21.5. The minimum absolute atomic E-state index is 0.0286. The van der Waals surface area contributed by atoms with Gasteiger partial charge in [-0.1, -0.05) is 74.5 Å². The number of nitro groups is 1. The number of hydrogen-bond acceptors (Lipinski definition) is 10. The van der Waals surface area contributed by atoms with E-state index in [-0.39, 0.29) is 37.5 Å². The topological polar surface area (TPSA) is 224 Å². The number of amides is 5. The number of esters is 1. The van der Waals surface area contributed by atoms with Crippen LogP contribution in [0.15, 0.2) is 84.9 Å². The Morgan fingerprint density at radius 2 is 1.21 bits per heavy atom. The second-order valence-electron chi connectivity index (χ2n) is 14.4. The highest BCUT2D eigenvalue weighted by atomic mass is 16.6. The van der Waals surface area contributed by atoms with Crippen molar-refractivity contribution >= 4 is 41.4 Å². The standard InChI is InChI=1S/C40H50N6O10/c1-26(2)20-31(45-39(52)56-40(3,4)5)36(49)42-23-34(47)41-24-35(48)43-32(21-27-12-8-6-9-13-27)37(50)44-33(22-28-14-10-7-11-15-28)38(51)55-25-29-16-18-30(19-17-29)46(53)54/h6-19,26,31-33H,20-25H2,1-5H3,(H,41,47)(H,42,49)(H,43,48)(H,44,50)(H,45,52)/t31-,32+,33+/m1/s1. The number of carbonyl (C=O) groups excluding carboxylic acids is 6. The summed E-state index contributed by atoms with van der Waals surface area (Å²) in [6, 6.07) is 19.9. The molecule has 5 amide bonds. The van der Waals surface area contributed by atoms with Crippen LogP contribution in [0.1, 0.15) is 57.7 Å². The lowest BCUT2D eigenvalue weighted by molar-refractivity contribution is -0.384. The number of hydrogen-bond donors (Lipinski definition) is 5. The smallest absolute Gasteiger partial charge is 0.408 e. The number of ether oxygens (including phenoxy) is 2. The largest absolute Gasteiger partial charge is 0.459 e. The van der Waals surface area contributed by atoms with Gasteiger partial charge in [0.25, 0.3) is 5.69 Å². The molecular weight excluding hydrogens is 724 g/mol. The third-order valence-electron chi connectivity index (χ3n) is 7.93. The van der Waals surface area contributed by atoms with Gasteiger partial charge in [-0.05, 0) is 61.9 Å². The average Bonchev–Trinajstić information content (AvgIpc) is 3.14. The van der Waals surface area contributed by atoms with E-state index in [0.29, 0.717) is 11.1 Å². The number of nitrogens with one attached hydrogen (secondary N) is 5. The van der Waals surface area contributed by atoms with Crippen LogP contribution >= 0.6 is 0 Å². The van der Waals surface area contributed by atoms with Gasteiger partial charge in [-0.15, -0.1) is 0 Å². The highest BCUT2D eigenvalue weighted by molar-refractivity contribution is 5.93. The van der Waals surface area contributed by atoms with Crippen molar-refractivity contribution in [3.63, 3.8) is 0 Å². The fraction of sp³-hybridized carbons (Fsp3) is 0.400. The van der Waals surface area contributed by atoms with Crippen LogP contribution in [0.3, 0.4) is 0 Å². The van der Waals surface area contributed by atoms with Crippen LogP contribution in [0.25, 0.3) is 0 Å². The van der Waals surface area contributed by atoms with Gasteiger partial charge in [0.2, 0.25) is 23.6 Å². The van der Waals surface area contributed by atoms with Crippen molar-refractivity contribution < 1.29 is 43.2 Å². The number of rotatable bonds is 19. The van der Waals surface area contributed by atoms with E-state index in [2.05, 4.69) is 26.6 Å². The van der Waals surface area contributed by atoms with E-state index in [0.717, 1.165) is 5.56 Å². The van der Waals surface area contributed by atoms with Crippen molar-refractivity contribution in [2.24, 2.45) is 5.92 Å². The first-order valence-corrected chi connectivity index (χ1v) is 18.1. The molecule has 0 radical (unpaired) electrons. The maximum atomic E-state index is 13.8. The summed E-state index contributed by atoms with van der Waals surface area (Å²) >= 11 is 0. The third-order valence-corrected chi connectivity index (χ3v) is 7.93. The molecule has 3 aromatic carbocycles. The summed E-state index contributed by atoms with van der Waals surface area (Å²) in [4.78, 5) is 88.6. The SMILES string of the molecule is CC(C)C[C@@H](NC(=O)OC(C)(C)C)C(=O)NCC(=O)NCC(=O)N[C@@H](Cc1ccccc1)C(=O)N[C@@H](Cc1ccccc1)C(=O)OCc1ccc([N+](=O)[O-])cc1. The number of non-ortho nitro benzene ring substituents is 1. The van der Waals surface area contributed by atoms with Crippen LogP contribution in [0.2, 0.25) is 0 Å². The first-order valence-electron chi connectivity index (χ1n) is 18.1. The molecule has 5 N–H and O–H groups in total. The third kappa shape index (κ3) is 16.4. The first kappa shape index (κ1) is 44.1. The van der Waals surface area contributed by atoms with Gasteiger partial charge < -0.3 is 36.1 Å². The highest BCUT2D eigenvalue weighted by Crippen LogP contribution is 2.14. The van der Waals surface area contributed by atoms with Crippen LogP contribution in [0.4, 0.5) is 10.5 Å². The van der Waals surface area contributed by atoms with Crippen LogP contribution in [-0.2, 0) is 52.9 Å². The molecule has 3 aromatic rings. The van der Waals surface area contributed by atoms with E-state index >= 15 is 0 Å². The van der Waals surface area contributed by atoms with Gasteiger partial charge in [0.05, 0.1) is 18.0 Å². The number of nitro benzene ring substituents is 1. The molecule has 0 spiro atoms. The number of nitrogens with zero attached hydrogens (tertiary/aromatic N) is 1. The lowest BCUT2D eigenvalue weighted by Gasteiger charge is -2.24. The Kier molecular flexibility index (Phi) is 17.0. The maximum absolute atomic E-state index is 13.8. The Labute approximate surface area is 325 Å². The summed E-state index contributed by atoms with van der Waals surface area (Å²) in [5.74, 6) is -3.46. The van der Waals surface area contributed by atoms with Crippen molar-refractivity contribution in [3.05, 3.63) is 112 Å². The van der Waals surface area contributed by atoms with Crippen LogP contribution < -0.4 is 26.6 Å². The quantitative estimate of drug-likeness (QED) is 0.0679. The van der Waals surface area contributed by atoms with Gasteiger partial charge in [0.15, 0.2) is 0 Å². The van der Waals surface area contributed by atoms with Crippen molar-refractivity contribution in [2.75, 3.05) is 13.1 Å². The van der Waals surface area contributed by atoms with Gasteiger partial charge >= 0.3 is 12.1 Å². The molecular formula is C40H50N6O10. The molecule has 0 aliphatic carbocycles. The molecule has 0 aliphatic heterocycles. The highest BCUT2D eigenvalue weighted by Gasteiger charge is 2.29. The van der Waals surface area contributed by atoms with E-state index in [1.54, 1.807) is 81.4 Å². The molecule has 56 heavy (non-hydrogen) atoms. The zero-order valence-electron chi connectivity index (χ0n) is 32.2. The molecule has 16 nitrogen and oxygen atoms in total. The molecule has 3 atom stereocenters. The van der Waals surface area contributed by atoms with Gasteiger partial charge in [-0.25, -0.2) is 9.59 Å². The summed E-state index contributed by atoms with van der Waals surface area (Å²) in [5.41, 5.74) is 1.03. The molecule has 0 fully saturated rings. The predicted octanol–water partition coefficient (Wildman–Crippen LogP) is 3.26. The number of carbonyl (C=O) groups is 6. The number of alkyl carbamates (subject to hydrolysis) is 1. The van der Waals surface area contributed by atoms with Gasteiger partial charge in [0.1, 0.15) is 30.3 Å². The number of benzene rings is 3. The van der Waals surface area contributed by atoms with E-state index in [9.17, 15) is 38.9 Å². The van der Waals surface area contributed by atoms with Crippen molar-refractivity contribution in [2.45, 2.75) is 84.2 Å². The van der Waals surface area contributed by atoms with E-state index in [4.69, 9.17) is 9.47 Å². The molecule has 0 saturated heterocycles. The Morgan fingerprint density at radius 1 is 0.661 bits per heavy atom. The first-order chi connectivity index (χ1) is 26.5. The minimum Gasteiger partial charge on any atom is -0.459 e. The summed E-state index contributed by atoms with van der Waals surface area (Å²) in [6.07, 6.45) is -0.395. The van der Waals surface area contributed by atoms with E-state index in [1.807, 2.05) is 13.8 Å². The van der Waals surface area contributed by atoms with Crippen LogP contribution in [0, 0.1) is 16.0 Å². The molecule has 0 aromatic heterocycles. The molecule has 3 rings (SSSR count). The van der Waals surface area contributed by atoms with E-state index in [1.165, 1.54) is 24.3 Å². The molecule has 300 valence electrons. The van der Waals surface area contributed by atoms with Gasteiger partial charge in [0, 0.05) is 25.0 Å². The Bertz CT molecular complexity index is 1800. The monoisotopic (exact) mass is 774 g/mol. The fourth-order valence-corrected chi connectivity index (χ4v) is 5.27. The van der Waals surface area contributed by atoms with Gasteiger partial charge in [-0.2, -0.15) is 0 Å². The Morgan fingerprint density at radius 3 is 1.75 bits per heavy atom. The summed E-state index contributed by atoms with van der Waals surface area (Å²) in [6.45, 7) is 7.57. The summed E-state index contributed by atoms with van der Waals surface area (Å²) in [7, 11) is 0. The van der Waals surface area contributed by atoms with E-state index < -0.39 is 77.4 Å². The summed E-state index contributed by atoms with van der Waals surface area (Å²) in [5, 5.41) is 23.7. The molecule has 0 heterocycles. The fourth-order valence-electron chi connectivity index (χ4n) is 5.27. The van der Waals surface area contributed by atoms with Crippen molar-refractivity contribution in [1.29, 1.82) is 0 Å². The molecule has 0 aliphatic rings. The normalized spacial score (nSPS) is 12.6. The van der Waals surface area contributed by atoms with Crippen molar-refractivity contribution in [3.8, 4) is 0 Å². The summed E-state index contributed by atoms with van der Waals surface area (Å²) < 4.78 is 10.8. The lowest BCUT2D eigenvalue weighted by Crippen LogP contribution is -2.55. The minimum atomic E-state index is -1.18. The Balaban J connectivity index is 1.65. The van der Waals surface area contributed by atoms with Crippen LogP contribution in [-0.4, -0.2) is 77.4 Å². The second-order valence-corrected chi connectivity index (χ2v) is 14.4. The van der Waals surface area contributed by atoms with Crippen LogP contribution in [0.5, 0.6) is 0 Å². The average molecular weight is 775 g/mol. The predicted molar refractivity (Wildman–Crippen MR) is 206 cm³/mol.